The number of nitro benzene ring substituents is 1. The van der Waals surface area contributed by atoms with Crippen molar-refractivity contribution >= 4 is 15.7 Å². The van der Waals surface area contributed by atoms with Crippen LogP contribution in [0.5, 0.6) is 5.75 Å². The first-order chi connectivity index (χ1) is 13.2. The van der Waals surface area contributed by atoms with Crippen molar-refractivity contribution in [3.63, 3.8) is 0 Å². The van der Waals surface area contributed by atoms with Gasteiger partial charge in [-0.2, -0.15) is 4.31 Å². The standard InChI is InChI=1S/C19H24N2O6S/c1-14-12-18(8-9-19(14)27-11-10-26-4)28(24,25)20(3)15(2)16-6-5-7-17(13-16)21(22)23/h5-9,12-13,15H,10-11H2,1-4H3. The fraction of sp³-hybridized carbons (Fsp3) is 0.368. The van der Waals surface area contributed by atoms with Gasteiger partial charge in [0, 0.05) is 32.3 Å². The van der Waals surface area contributed by atoms with Crippen molar-refractivity contribution in [2.75, 3.05) is 27.4 Å². The highest BCUT2D eigenvalue weighted by atomic mass is 32.2. The molecule has 8 nitrogen and oxygen atoms in total. The van der Waals surface area contributed by atoms with Crippen LogP contribution < -0.4 is 4.74 Å². The number of non-ortho nitro benzene ring substituents is 1. The van der Waals surface area contributed by atoms with E-state index in [1.165, 1.54) is 29.6 Å². The van der Waals surface area contributed by atoms with Crippen molar-refractivity contribution < 1.29 is 22.8 Å². The van der Waals surface area contributed by atoms with E-state index in [0.29, 0.717) is 30.1 Å². The van der Waals surface area contributed by atoms with Gasteiger partial charge in [-0.25, -0.2) is 8.42 Å². The zero-order valence-corrected chi connectivity index (χ0v) is 17.1. The van der Waals surface area contributed by atoms with Gasteiger partial charge < -0.3 is 9.47 Å². The molecule has 0 fully saturated rings. The molecule has 9 heteroatoms. The number of hydrogen-bond donors (Lipinski definition) is 0. The minimum atomic E-state index is -3.80. The molecule has 0 aromatic heterocycles. The van der Waals surface area contributed by atoms with Crippen LogP contribution in [0.25, 0.3) is 0 Å². The van der Waals surface area contributed by atoms with Crippen LogP contribution in [0.15, 0.2) is 47.4 Å². The minimum absolute atomic E-state index is 0.0800. The summed E-state index contributed by atoms with van der Waals surface area (Å²) in [5.41, 5.74) is 1.15. The first-order valence-corrected chi connectivity index (χ1v) is 10.1. The number of methoxy groups -OCH3 is 1. The minimum Gasteiger partial charge on any atom is -0.491 e. The van der Waals surface area contributed by atoms with E-state index < -0.39 is 21.0 Å². The molecule has 0 aliphatic carbocycles. The Morgan fingerprint density at radius 3 is 2.50 bits per heavy atom. The lowest BCUT2D eigenvalue weighted by atomic mass is 10.1. The van der Waals surface area contributed by atoms with E-state index >= 15 is 0 Å². The molecular weight excluding hydrogens is 384 g/mol. The molecule has 0 N–H and O–H groups in total. The second-order valence-electron chi connectivity index (χ2n) is 6.32. The molecule has 152 valence electrons. The zero-order valence-electron chi connectivity index (χ0n) is 16.3. The Labute approximate surface area is 164 Å². The average Bonchev–Trinajstić information content (AvgIpc) is 2.68. The lowest BCUT2D eigenvalue weighted by molar-refractivity contribution is -0.384. The first kappa shape index (κ1) is 21.8. The molecule has 0 spiro atoms. The van der Waals surface area contributed by atoms with E-state index in [0.717, 1.165) is 0 Å². The summed E-state index contributed by atoms with van der Waals surface area (Å²) in [6, 6.07) is 10.0. The van der Waals surface area contributed by atoms with Crippen LogP contribution in [0.4, 0.5) is 5.69 Å². The zero-order chi connectivity index (χ0) is 20.9. The molecule has 28 heavy (non-hydrogen) atoms. The molecule has 1 atom stereocenters. The third-order valence-corrected chi connectivity index (χ3v) is 6.40. The summed E-state index contributed by atoms with van der Waals surface area (Å²) in [5.74, 6) is 0.588. The number of nitrogens with zero attached hydrogens (tertiary/aromatic N) is 2. The summed E-state index contributed by atoms with van der Waals surface area (Å²) in [7, 11) is -0.771. The van der Waals surface area contributed by atoms with E-state index in [2.05, 4.69) is 0 Å². The second kappa shape index (κ2) is 9.13. The van der Waals surface area contributed by atoms with Crippen LogP contribution in [0.3, 0.4) is 0 Å². The molecule has 0 radical (unpaired) electrons. The number of hydrogen-bond acceptors (Lipinski definition) is 6. The lowest BCUT2D eigenvalue weighted by Gasteiger charge is -2.25. The van der Waals surface area contributed by atoms with E-state index in [1.54, 1.807) is 45.2 Å². The monoisotopic (exact) mass is 408 g/mol. The Hall–Kier alpha value is -2.49. The highest BCUT2D eigenvalue weighted by Crippen LogP contribution is 2.29. The Morgan fingerprint density at radius 1 is 1.18 bits per heavy atom. The molecule has 0 saturated heterocycles. The molecule has 0 heterocycles. The molecule has 2 aromatic carbocycles. The third kappa shape index (κ3) is 4.86. The number of aryl methyl sites for hydroxylation is 1. The quantitative estimate of drug-likeness (QED) is 0.359. The van der Waals surface area contributed by atoms with E-state index in [4.69, 9.17) is 9.47 Å². The third-order valence-electron chi connectivity index (χ3n) is 4.48. The number of nitro groups is 1. The molecule has 0 aliphatic heterocycles. The van der Waals surface area contributed by atoms with Gasteiger partial charge in [-0.15, -0.1) is 0 Å². The van der Waals surface area contributed by atoms with Crippen molar-refractivity contribution in [3.05, 3.63) is 63.7 Å². The smallest absolute Gasteiger partial charge is 0.269 e. The molecule has 2 rings (SSSR count). The summed E-state index contributed by atoms with van der Waals surface area (Å²) in [6.07, 6.45) is 0. The van der Waals surface area contributed by atoms with Crippen LogP contribution in [0.2, 0.25) is 0 Å². The molecule has 0 saturated carbocycles. The highest BCUT2D eigenvalue weighted by molar-refractivity contribution is 7.89. The largest absolute Gasteiger partial charge is 0.491 e. The van der Waals surface area contributed by atoms with Crippen LogP contribution in [-0.2, 0) is 14.8 Å². The van der Waals surface area contributed by atoms with E-state index in [-0.39, 0.29) is 10.6 Å². The normalized spacial score (nSPS) is 12.8. The van der Waals surface area contributed by atoms with Gasteiger partial charge in [0.25, 0.3) is 5.69 Å². The summed E-state index contributed by atoms with van der Waals surface area (Å²) >= 11 is 0. The van der Waals surface area contributed by atoms with Gasteiger partial charge in [-0.1, -0.05) is 12.1 Å². The lowest BCUT2D eigenvalue weighted by Crippen LogP contribution is -2.30. The number of sulfonamides is 1. The maximum atomic E-state index is 13.0. The van der Waals surface area contributed by atoms with Crippen LogP contribution in [-0.4, -0.2) is 45.0 Å². The summed E-state index contributed by atoms with van der Waals surface area (Å²) in [6.45, 7) is 4.26. The van der Waals surface area contributed by atoms with Crippen LogP contribution in [0, 0.1) is 17.0 Å². The van der Waals surface area contributed by atoms with Crippen molar-refractivity contribution in [2.24, 2.45) is 0 Å². The maximum absolute atomic E-state index is 13.0. The SMILES string of the molecule is COCCOc1ccc(S(=O)(=O)N(C)C(C)c2cccc([N+](=O)[O-])c2)cc1C. The summed E-state index contributed by atoms with van der Waals surface area (Å²) in [4.78, 5) is 10.6. The van der Waals surface area contributed by atoms with Crippen molar-refractivity contribution in [3.8, 4) is 5.75 Å². The highest BCUT2D eigenvalue weighted by Gasteiger charge is 2.27. The van der Waals surface area contributed by atoms with Crippen molar-refractivity contribution in [2.45, 2.75) is 24.8 Å². The average molecular weight is 408 g/mol. The van der Waals surface area contributed by atoms with Gasteiger partial charge in [0.05, 0.1) is 16.4 Å². The topological polar surface area (TPSA) is 99.0 Å². The number of rotatable bonds is 9. The van der Waals surface area contributed by atoms with Gasteiger partial charge in [-0.05, 0) is 43.2 Å². The van der Waals surface area contributed by atoms with Crippen LogP contribution in [0.1, 0.15) is 24.1 Å². The fourth-order valence-electron chi connectivity index (χ4n) is 2.66. The molecule has 2 aromatic rings. The second-order valence-corrected chi connectivity index (χ2v) is 8.32. The fourth-order valence-corrected chi connectivity index (χ4v) is 4.10. The molecule has 0 bridgehead atoms. The summed E-state index contributed by atoms with van der Waals surface area (Å²) < 4.78 is 37.7. The van der Waals surface area contributed by atoms with Gasteiger partial charge in [0.15, 0.2) is 0 Å². The van der Waals surface area contributed by atoms with Crippen molar-refractivity contribution in [1.82, 2.24) is 4.31 Å². The van der Waals surface area contributed by atoms with Gasteiger partial charge in [0.2, 0.25) is 10.0 Å². The Bertz CT molecular complexity index is 945. The van der Waals surface area contributed by atoms with E-state index in [1.807, 2.05) is 0 Å². The van der Waals surface area contributed by atoms with Gasteiger partial charge in [0.1, 0.15) is 12.4 Å². The number of benzene rings is 2. The van der Waals surface area contributed by atoms with Gasteiger partial charge in [-0.3, -0.25) is 10.1 Å². The number of ether oxygens (including phenoxy) is 2. The first-order valence-electron chi connectivity index (χ1n) is 8.63. The van der Waals surface area contributed by atoms with E-state index in [9.17, 15) is 18.5 Å². The van der Waals surface area contributed by atoms with Gasteiger partial charge >= 0.3 is 0 Å². The molecule has 0 amide bonds. The van der Waals surface area contributed by atoms with Crippen LogP contribution >= 0.6 is 0 Å². The Kier molecular flexibility index (Phi) is 7.11. The van der Waals surface area contributed by atoms with Crippen molar-refractivity contribution in [1.29, 1.82) is 0 Å². The maximum Gasteiger partial charge on any atom is 0.269 e. The predicted octanol–water partition coefficient (Wildman–Crippen LogP) is 3.31. The summed E-state index contributed by atoms with van der Waals surface area (Å²) in [5, 5.41) is 11.0. The molecular formula is C19H24N2O6S. The Balaban J connectivity index is 2.26. The molecule has 1 unspecified atom stereocenters. The predicted molar refractivity (Wildman–Crippen MR) is 105 cm³/mol. The molecule has 0 aliphatic rings. The Morgan fingerprint density at radius 2 is 1.89 bits per heavy atom.